The molecule has 1 aromatic heterocycles. The molecule has 178 valence electrons. The molecule has 5 rings (SSSR count). The third-order valence-corrected chi connectivity index (χ3v) is 9.23. The Hall–Kier alpha value is -2.75. The van der Waals surface area contributed by atoms with E-state index in [0.717, 1.165) is 17.7 Å². The normalized spacial score (nSPS) is 18.6. The molecule has 2 aliphatic rings. The third-order valence-electron chi connectivity index (χ3n) is 6.83. The Balaban J connectivity index is 1.26. The highest BCUT2D eigenvalue weighted by atomic mass is 35.5. The minimum absolute atomic E-state index is 0.0730. The summed E-state index contributed by atoms with van der Waals surface area (Å²) < 4.78 is 32.6. The molecule has 1 spiro atoms. The summed E-state index contributed by atoms with van der Waals surface area (Å²) >= 11 is 6.14. The monoisotopic (exact) mass is 500 g/mol. The third kappa shape index (κ3) is 4.12. The Morgan fingerprint density at radius 2 is 1.71 bits per heavy atom. The van der Waals surface area contributed by atoms with Gasteiger partial charge >= 0.3 is 0 Å². The lowest BCUT2D eigenvalue weighted by Crippen LogP contribution is -2.46. The van der Waals surface area contributed by atoms with Crippen LogP contribution in [0.15, 0.2) is 57.9 Å². The molecular weight excluding hydrogens is 476 g/mol. The van der Waals surface area contributed by atoms with Crippen molar-refractivity contribution < 1.29 is 17.7 Å². The summed E-state index contributed by atoms with van der Waals surface area (Å²) in [4.78, 5) is 19.6. The fourth-order valence-corrected chi connectivity index (χ4v) is 6.80. The molecule has 8 nitrogen and oxygen atoms in total. The number of benzene rings is 2. The van der Waals surface area contributed by atoms with Gasteiger partial charge in [0.15, 0.2) is 5.82 Å². The zero-order valence-corrected chi connectivity index (χ0v) is 20.3. The fraction of sp³-hybridized carbons (Fsp3) is 0.375. The van der Waals surface area contributed by atoms with E-state index in [1.54, 1.807) is 25.1 Å². The van der Waals surface area contributed by atoms with E-state index in [4.69, 9.17) is 16.1 Å². The molecule has 2 fully saturated rings. The van der Waals surface area contributed by atoms with E-state index in [2.05, 4.69) is 10.1 Å². The largest absolute Gasteiger partial charge is 0.340 e. The van der Waals surface area contributed by atoms with Crippen molar-refractivity contribution in [3.63, 3.8) is 0 Å². The number of sulfonamides is 1. The first kappa shape index (κ1) is 23.0. The van der Waals surface area contributed by atoms with Crippen LogP contribution in [0.5, 0.6) is 0 Å². The topological polar surface area (TPSA) is 96.6 Å². The predicted octanol–water partition coefficient (Wildman–Crippen LogP) is 3.83. The zero-order chi connectivity index (χ0) is 23.9. The van der Waals surface area contributed by atoms with Crippen molar-refractivity contribution in [1.29, 1.82) is 0 Å². The van der Waals surface area contributed by atoms with Crippen molar-refractivity contribution >= 4 is 33.2 Å². The number of aromatic nitrogens is 2. The van der Waals surface area contributed by atoms with E-state index < -0.39 is 15.4 Å². The SMILES string of the molecule is Cc1nc(Cc2ccc(N3CCC4(CCN(S(=O)(=O)c5ccccc5Cl)CC4)C3=O)cc2)no1. The number of nitrogens with zero attached hydrogens (tertiary/aromatic N) is 4. The number of carbonyl (C=O) groups is 1. The molecule has 34 heavy (non-hydrogen) atoms. The second kappa shape index (κ2) is 8.79. The molecule has 0 bridgehead atoms. The van der Waals surface area contributed by atoms with E-state index >= 15 is 0 Å². The maximum Gasteiger partial charge on any atom is 0.244 e. The van der Waals surface area contributed by atoms with E-state index in [1.165, 1.54) is 10.4 Å². The summed E-state index contributed by atoms with van der Waals surface area (Å²) in [6.45, 7) is 2.98. The molecule has 3 aromatic rings. The highest BCUT2D eigenvalue weighted by Gasteiger charge is 2.50. The van der Waals surface area contributed by atoms with Crippen molar-refractivity contribution in [2.75, 3.05) is 24.5 Å². The summed E-state index contributed by atoms with van der Waals surface area (Å²) in [6.07, 6.45) is 2.28. The number of amides is 1. The number of aryl methyl sites for hydroxylation is 1. The molecule has 2 aromatic carbocycles. The summed E-state index contributed by atoms with van der Waals surface area (Å²) in [5, 5.41) is 4.13. The van der Waals surface area contributed by atoms with Crippen LogP contribution in [0.1, 0.15) is 36.5 Å². The smallest absolute Gasteiger partial charge is 0.244 e. The van der Waals surface area contributed by atoms with Crippen molar-refractivity contribution in [3.05, 3.63) is 70.8 Å². The van der Waals surface area contributed by atoms with Crippen molar-refractivity contribution in [3.8, 4) is 0 Å². The quantitative estimate of drug-likeness (QED) is 0.528. The number of hydrogen-bond acceptors (Lipinski definition) is 6. The molecule has 0 unspecified atom stereocenters. The Labute approximate surface area is 203 Å². The predicted molar refractivity (Wildman–Crippen MR) is 127 cm³/mol. The summed E-state index contributed by atoms with van der Waals surface area (Å²) in [5.74, 6) is 1.23. The maximum atomic E-state index is 13.4. The highest BCUT2D eigenvalue weighted by Crippen LogP contribution is 2.44. The lowest BCUT2D eigenvalue weighted by Gasteiger charge is -2.37. The second-order valence-corrected chi connectivity index (χ2v) is 11.2. The molecular formula is C24H25ClN4O4S. The van der Waals surface area contributed by atoms with Gasteiger partial charge in [0, 0.05) is 38.7 Å². The molecule has 10 heteroatoms. The van der Waals surface area contributed by atoms with E-state index in [9.17, 15) is 13.2 Å². The van der Waals surface area contributed by atoms with Crippen LogP contribution < -0.4 is 4.90 Å². The highest BCUT2D eigenvalue weighted by molar-refractivity contribution is 7.89. The number of anilines is 1. The molecule has 0 aliphatic carbocycles. The minimum atomic E-state index is -3.69. The molecule has 2 saturated heterocycles. The maximum absolute atomic E-state index is 13.4. The second-order valence-electron chi connectivity index (χ2n) is 8.89. The Morgan fingerprint density at radius 1 is 1.03 bits per heavy atom. The Morgan fingerprint density at radius 3 is 2.35 bits per heavy atom. The van der Waals surface area contributed by atoms with Gasteiger partial charge in [0.2, 0.25) is 21.8 Å². The van der Waals surface area contributed by atoms with Crippen LogP contribution in [0.25, 0.3) is 0 Å². The van der Waals surface area contributed by atoms with Crippen LogP contribution >= 0.6 is 11.6 Å². The first-order chi connectivity index (χ1) is 16.3. The molecule has 0 saturated carbocycles. The summed E-state index contributed by atoms with van der Waals surface area (Å²) in [7, 11) is -3.69. The van der Waals surface area contributed by atoms with Gasteiger partial charge in [-0.15, -0.1) is 0 Å². The first-order valence-electron chi connectivity index (χ1n) is 11.2. The molecule has 0 N–H and O–H groups in total. The van der Waals surface area contributed by atoms with Gasteiger partial charge in [-0.05, 0) is 49.1 Å². The lowest BCUT2D eigenvalue weighted by atomic mass is 9.77. The van der Waals surface area contributed by atoms with Crippen LogP contribution in [-0.2, 0) is 21.2 Å². The minimum Gasteiger partial charge on any atom is -0.340 e. The van der Waals surface area contributed by atoms with Gasteiger partial charge in [0.1, 0.15) is 4.90 Å². The van der Waals surface area contributed by atoms with Gasteiger partial charge in [0.25, 0.3) is 0 Å². The van der Waals surface area contributed by atoms with Crippen molar-refractivity contribution in [1.82, 2.24) is 14.4 Å². The van der Waals surface area contributed by atoms with Gasteiger partial charge in [-0.1, -0.05) is 41.0 Å². The molecule has 0 radical (unpaired) electrons. The van der Waals surface area contributed by atoms with Crippen molar-refractivity contribution in [2.24, 2.45) is 5.41 Å². The number of rotatable bonds is 5. The van der Waals surface area contributed by atoms with Gasteiger partial charge in [-0.2, -0.15) is 9.29 Å². The standard InChI is InChI=1S/C24H25ClN4O4S/c1-17-26-22(27-33-17)16-18-6-8-19(9-7-18)29-15-12-24(23(29)30)10-13-28(14-11-24)34(31,32)21-5-3-2-4-20(21)25/h2-9H,10-16H2,1H3. The van der Waals surface area contributed by atoms with Gasteiger partial charge in [-0.25, -0.2) is 8.42 Å². The summed E-state index contributed by atoms with van der Waals surface area (Å²) in [5.41, 5.74) is 1.36. The Kier molecular flexibility index (Phi) is 5.95. The van der Waals surface area contributed by atoms with Gasteiger partial charge in [-0.3, -0.25) is 4.79 Å². The average Bonchev–Trinajstić information content (AvgIpc) is 3.38. The van der Waals surface area contributed by atoms with Crippen LogP contribution in [0.3, 0.4) is 0 Å². The molecule has 1 amide bonds. The summed E-state index contributed by atoms with van der Waals surface area (Å²) in [6, 6.07) is 14.3. The number of carbonyl (C=O) groups excluding carboxylic acids is 1. The van der Waals surface area contributed by atoms with Crippen LogP contribution in [0, 0.1) is 12.3 Å². The zero-order valence-electron chi connectivity index (χ0n) is 18.8. The molecule has 0 atom stereocenters. The molecule has 3 heterocycles. The van der Waals surface area contributed by atoms with E-state index in [-0.39, 0.29) is 15.8 Å². The van der Waals surface area contributed by atoms with Crippen LogP contribution in [0.2, 0.25) is 5.02 Å². The van der Waals surface area contributed by atoms with Crippen LogP contribution in [-0.4, -0.2) is 48.4 Å². The number of halogens is 1. The lowest BCUT2D eigenvalue weighted by molar-refractivity contribution is -0.127. The average molecular weight is 501 g/mol. The molecule has 2 aliphatic heterocycles. The van der Waals surface area contributed by atoms with E-state index in [0.29, 0.717) is 50.6 Å². The number of hydrogen-bond donors (Lipinski definition) is 0. The number of piperidine rings is 1. The Bertz CT molecular complexity index is 1310. The van der Waals surface area contributed by atoms with E-state index in [1.807, 2.05) is 29.2 Å². The first-order valence-corrected chi connectivity index (χ1v) is 13.1. The van der Waals surface area contributed by atoms with Gasteiger partial charge in [0.05, 0.1) is 10.4 Å². The van der Waals surface area contributed by atoms with Gasteiger partial charge < -0.3 is 9.42 Å². The van der Waals surface area contributed by atoms with Crippen LogP contribution in [0.4, 0.5) is 5.69 Å². The van der Waals surface area contributed by atoms with Crippen molar-refractivity contribution in [2.45, 2.75) is 37.5 Å². The fourth-order valence-electron chi connectivity index (χ4n) is 4.87.